The monoisotopic (exact) mass is 292 g/mol. The summed E-state index contributed by atoms with van der Waals surface area (Å²) in [5.74, 6) is 6.18. The standard InChI is InChI=1S/C20H20O2/c1-22-20(21)10-6-5-9-18-12-15-19(16-13-18)14-11-17-7-3-2-4-8-17/h2-4,7-8,12-13,15-16H,5-6,9-10H2,1H3. The van der Waals surface area contributed by atoms with E-state index < -0.39 is 0 Å². The molecule has 0 atom stereocenters. The van der Waals surface area contributed by atoms with Crippen molar-refractivity contribution in [2.75, 3.05) is 7.11 Å². The Balaban J connectivity index is 1.83. The van der Waals surface area contributed by atoms with Crippen molar-refractivity contribution in [3.8, 4) is 11.8 Å². The number of benzene rings is 2. The molecule has 2 heteroatoms. The number of aryl methyl sites for hydroxylation is 1. The zero-order valence-electron chi connectivity index (χ0n) is 12.8. The molecule has 0 unspecified atom stereocenters. The van der Waals surface area contributed by atoms with Gasteiger partial charge in [-0.3, -0.25) is 4.79 Å². The van der Waals surface area contributed by atoms with Gasteiger partial charge in [0.25, 0.3) is 0 Å². The molecular weight excluding hydrogens is 272 g/mol. The molecule has 112 valence electrons. The molecule has 22 heavy (non-hydrogen) atoms. The van der Waals surface area contributed by atoms with Crippen molar-refractivity contribution in [2.24, 2.45) is 0 Å². The van der Waals surface area contributed by atoms with Crippen LogP contribution < -0.4 is 0 Å². The van der Waals surface area contributed by atoms with Gasteiger partial charge in [0.05, 0.1) is 7.11 Å². The molecule has 0 aliphatic rings. The van der Waals surface area contributed by atoms with E-state index in [9.17, 15) is 4.79 Å². The van der Waals surface area contributed by atoms with Crippen LogP contribution in [0, 0.1) is 11.8 Å². The van der Waals surface area contributed by atoms with Crippen molar-refractivity contribution in [1.82, 2.24) is 0 Å². The van der Waals surface area contributed by atoms with Crippen LogP contribution in [0.1, 0.15) is 36.0 Å². The molecule has 0 spiro atoms. The van der Waals surface area contributed by atoms with E-state index in [1.54, 1.807) is 0 Å². The molecule has 0 aliphatic heterocycles. The minimum absolute atomic E-state index is 0.133. The normalized spacial score (nSPS) is 9.68. The van der Waals surface area contributed by atoms with Gasteiger partial charge < -0.3 is 4.74 Å². The van der Waals surface area contributed by atoms with E-state index in [0.29, 0.717) is 6.42 Å². The minimum Gasteiger partial charge on any atom is -0.469 e. The second kappa shape index (κ2) is 8.69. The van der Waals surface area contributed by atoms with Gasteiger partial charge in [-0.15, -0.1) is 0 Å². The van der Waals surface area contributed by atoms with Crippen LogP contribution in [0.2, 0.25) is 0 Å². The van der Waals surface area contributed by atoms with E-state index >= 15 is 0 Å². The Hall–Kier alpha value is -2.53. The average molecular weight is 292 g/mol. The lowest BCUT2D eigenvalue weighted by Gasteiger charge is -2.01. The van der Waals surface area contributed by atoms with Crippen LogP contribution >= 0.6 is 0 Å². The van der Waals surface area contributed by atoms with Crippen LogP contribution in [0.25, 0.3) is 0 Å². The molecule has 0 heterocycles. The highest BCUT2D eigenvalue weighted by molar-refractivity contribution is 5.68. The van der Waals surface area contributed by atoms with E-state index in [-0.39, 0.29) is 5.97 Å². The summed E-state index contributed by atoms with van der Waals surface area (Å²) in [6.07, 6.45) is 3.33. The van der Waals surface area contributed by atoms with Gasteiger partial charge in [0.2, 0.25) is 0 Å². The second-order valence-corrected chi connectivity index (χ2v) is 5.10. The number of methoxy groups -OCH3 is 1. The predicted molar refractivity (Wildman–Crippen MR) is 88.4 cm³/mol. The quantitative estimate of drug-likeness (QED) is 0.473. The predicted octanol–water partition coefficient (Wildman–Crippen LogP) is 3.97. The van der Waals surface area contributed by atoms with E-state index in [2.05, 4.69) is 28.7 Å². The zero-order valence-corrected chi connectivity index (χ0v) is 12.8. The Morgan fingerprint density at radius 3 is 2.18 bits per heavy atom. The van der Waals surface area contributed by atoms with Crippen LogP contribution in [-0.2, 0) is 16.0 Å². The third-order valence-electron chi connectivity index (χ3n) is 3.40. The number of hydrogen-bond acceptors (Lipinski definition) is 2. The lowest BCUT2D eigenvalue weighted by atomic mass is 10.1. The van der Waals surface area contributed by atoms with Gasteiger partial charge in [-0.2, -0.15) is 0 Å². The molecule has 0 fully saturated rings. The van der Waals surface area contributed by atoms with Gasteiger partial charge in [-0.25, -0.2) is 0 Å². The summed E-state index contributed by atoms with van der Waals surface area (Å²) in [5, 5.41) is 0. The van der Waals surface area contributed by atoms with Crippen molar-refractivity contribution in [1.29, 1.82) is 0 Å². The maximum atomic E-state index is 11.0. The lowest BCUT2D eigenvalue weighted by molar-refractivity contribution is -0.140. The maximum Gasteiger partial charge on any atom is 0.305 e. The van der Waals surface area contributed by atoms with Gasteiger partial charge in [-0.05, 0) is 49.1 Å². The number of carbonyl (C=O) groups excluding carboxylic acids is 1. The van der Waals surface area contributed by atoms with Crippen molar-refractivity contribution in [2.45, 2.75) is 25.7 Å². The molecule has 2 aromatic carbocycles. The first-order valence-electron chi connectivity index (χ1n) is 7.51. The van der Waals surface area contributed by atoms with Crippen LogP contribution in [-0.4, -0.2) is 13.1 Å². The number of ether oxygens (including phenoxy) is 1. The van der Waals surface area contributed by atoms with Crippen molar-refractivity contribution < 1.29 is 9.53 Å². The highest BCUT2D eigenvalue weighted by Gasteiger charge is 2.00. The molecule has 2 aromatic rings. The largest absolute Gasteiger partial charge is 0.469 e. The van der Waals surface area contributed by atoms with Gasteiger partial charge >= 0.3 is 5.97 Å². The second-order valence-electron chi connectivity index (χ2n) is 5.10. The Morgan fingerprint density at radius 2 is 1.55 bits per heavy atom. The topological polar surface area (TPSA) is 26.3 Å². The maximum absolute atomic E-state index is 11.0. The van der Waals surface area contributed by atoms with Gasteiger partial charge in [0.15, 0.2) is 0 Å². The molecule has 0 saturated heterocycles. The van der Waals surface area contributed by atoms with Crippen LogP contribution in [0.3, 0.4) is 0 Å². The third kappa shape index (κ3) is 5.46. The van der Waals surface area contributed by atoms with Crippen molar-refractivity contribution >= 4 is 5.97 Å². The summed E-state index contributed by atoms with van der Waals surface area (Å²) in [5.41, 5.74) is 3.31. The molecule has 0 N–H and O–H groups in total. The Bertz CT molecular complexity index is 646. The highest BCUT2D eigenvalue weighted by Crippen LogP contribution is 2.09. The first-order chi connectivity index (χ1) is 10.8. The third-order valence-corrected chi connectivity index (χ3v) is 3.40. The molecule has 0 aliphatic carbocycles. The van der Waals surface area contributed by atoms with Crippen LogP contribution in [0.15, 0.2) is 54.6 Å². The molecule has 0 saturated carbocycles. The minimum atomic E-state index is -0.133. The lowest BCUT2D eigenvalue weighted by Crippen LogP contribution is -1.99. The first-order valence-corrected chi connectivity index (χ1v) is 7.51. The number of esters is 1. The summed E-state index contributed by atoms with van der Waals surface area (Å²) in [4.78, 5) is 11.0. The fourth-order valence-electron chi connectivity index (χ4n) is 2.12. The molecule has 0 amide bonds. The summed E-state index contributed by atoms with van der Waals surface area (Å²) >= 11 is 0. The summed E-state index contributed by atoms with van der Waals surface area (Å²) in [6.45, 7) is 0. The van der Waals surface area contributed by atoms with Crippen molar-refractivity contribution in [3.63, 3.8) is 0 Å². The smallest absolute Gasteiger partial charge is 0.305 e. The number of rotatable bonds is 5. The number of hydrogen-bond donors (Lipinski definition) is 0. The molecule has 0 aromatic heterocycles. The van der Waals surface area contributed by atoms with Crippen LogP contribution in [0.4, 0.5) is 0 Å². The van der Waals surface area contributed by atoms with Crippen LogP contribution in [0.5, 0.6) is 0 Å². The molecule has 0 radical (unpaired) electrons. The number of unbranched alkanes of at least 4 members (excludes halogenated alkanes) is 1. The SMILES string of the molecule is COC(=O)CCCCc1ccc(C#Cc2ccccc2)cc1. The molecular formula is C20H20O2. The fourth-order valence-corrected chi connectivity index (χ4v) is 2.12. The van der Waals surface area contributed by atoms with E-state index in [4.69, 9.17) is 0 Å². The Morgan fingerprint density at radius 1 is 0.909 bits per heavy atom. The van der Waals surface area contributed by atoms with E-state index in [1.807, 2.05) is 42.5 Å². The van der Waals surface area contributed by atoms with Crippen molar-refractivity contribution in [3.05, 3.63) is 71.3 Å². The summed E-state index contributed by atoms with van der Waals surface area (Å²) < 4.78 is 4.63. The molecule has 2 nitrogen and oxygen atoms in total. The summed E-state index contributed by atoms with van der Waals surface area (Å²) in [7, 11) is 1.43. The average Bonchev–Trinajstić information content (AvgIpc) is 2.58. The van der Waals surface area contributed by atoms with Gasteiger partial charge in [0, 0.05) is 17.5 Å². The van der Waals surface area contributed by atoms with Gasteiger partial charge in [0.1, 0.15) is 0 Å². The molecule has 0 bridgehead atoms. The first kappa shape index (κ1) is 15.9. The fraction of sp³-hybridized carbons (Fsp3) is 0.250. The number of carbonyl (C=O) groups is 1. The molecule has 2 rings (SSSR count). The Labute approximate surface area is 132 Å². The van der Waals surface area contributed by atoms with E-state index in [1.165, 1.54) is 12.7 Å². The highest BCUT2D eigenvalue weighted by atomic mass is 16.5. The van der Waals surface area contributed by atoms with Gasteiger partial charge in [-0.1, -0.05) is 42.2 Å². The van der Waals surface area contributed by atoms with E-state index in [0.717, 1.165) is 30.4 Å². The Kier molecular flexibility index (Phi) is 6.26. The zero-order chi connectivity index (χ0) is 15.6. The summed E-state index contributed by atoms with van der Waals surface area (Å²) in [6, 6.07) is 18.3.